The number of pyridine rings is 1. The zero-order valence-electron chi connectivity index (χ0n) is 19.6. The van der Waals surface area contributed by atoms with Crippen molar-refractivity contribution in [3.63, 3.8) is 0 Å². The number of urea groups is 1. The molecule has 198 valence electrons. The monoisotopic (exact) mass is 526 g/mol. The van der Waals surface area contributed by atoms with Crippen LogP contribution in [0.1, 0.15) is 31.0 Å². The smallest absolute Gasteiger partial charge is 0.362 e. The lowest BCUT2D eigenvalue weighted by molar-refractivity contribution is -0.137. The first-order valence-corrected chi connectivity index (χ1v) is 11.4. The van der Waals surface area contributed by atoms with Gasteiger partial charge in [-0.3, -0.25) is 4.79 Å². The van der Waals surface area contributed by atoms with Crippen molar-refractivity contribution in [1.82, 2.24) is 19.9 Å². The number of halogens is 5. The van der Waals surface area contributed by atoms with Crippen molar-refractivity contribution in [2.75, 3.05) is 41.3 Å². The van der Waals surface area contributed by atoms with E-state index in [0.29, 0.717) is 5.82 Å². The molecule has 2 N–H and O–H groups in total. The zero-order chi connectivity index (χ0) is 27.0. The van der Waals surface area contributed by atoms with Crippen LogP contribution in [0.25, 0.3) is 0 Å². The fourth-order valence-electron chi connectivity index (χ4n) is 4.59. The Morgan fingerprint density at radius 2 is 1.84 bits per heavy atom. The molecule has 2 aromatic rings. The van der Waals surface area contributed by atoms with Crippen LogP contribution < -0.4 is 15.1 Å². The molecule has 0 radical (unpaired) electrons. The molecule has 0 unspecified atom stereocenters. The van der Waals surface area contributed by atoms with Crippen LogP contribution in [0.2, 0.25) is 0 Å². The standard InChI is InChI=1S/C22H23F5N8O2/c1-2-34-20(37)35(17-12-29-14(9-28)18(32-17)31-11-15(23)24)19(36)21(34)5-7-33(8-6-21)16-4-3-13(10-30-16)22(25,26)27/h3-4,9-10,12,15,28H,2,5-8,11H2,1H3,(H,31,32). The van der Waals surface area contributed by atoms with Gasteiger partial charge in [0.25, 0.3) is 12.3 Å². The maximum atomic E-state index is 13.6. The number of hydrogen-bond donors (Lipinski definition) is 2. The molecule has 2 saturated heterocycles. The van der Waals surface area contributed by atoms with Gasteiger partial charge >= 0.3 is 12.2 Å². The Hall–Kier alpha value is -3.91. The molecular formula is C22H23F5N8O2. The quantitative estimate of drug-likeness (QED) is 0.323. The summed E-state index contributed by atoms with van der Waals surface area (Å²) in [5.41, 5.74) is -2.12. The first kappa shape index (κ1) is 26.2. The van der Waals surface area contributed by atoms with E-state index < -0.39 is 42.2 Å². The second kappa shape index (κ2) is 9.86. The SMILES string of the molecule is CCN1C(=O)N(c2cnc(C=N)c(NCC(F)F)n2)C(=O)C12CCN(c1ccc(C(F)(F)F)cn1)CC2. The highest BCUT2D eigenvalue weighted by Gasteiger charge is 2.58. The third-order valence-electron chi connectivity index (χ3n) is 6.42. The van der Waals surface area contributed by atoms with Gasteiger partial charge in [-0.25, -0.2) is 33.4 Å². The van der Waals surface area contributed by atoms with Crippen molar-refractivity contribution >= 4 is 35.6 Å². The Labute approximate surface area is 208 Å². The maximum absolute atomic E-state index is 13.6. The van der Waals surface area contributed by atoms with Gasteiger partial charge in [-0.05, 0) is 31.9 Å². The van der Waals surface area contributed by atoms with E-state index >= 15 is 0 Å². The Bertz CT molecular complexity index is 1180. The van der Waals surface area contributed by atoms with Crippen LogP contribution in [0, 0.1) is 5.41 Å². The van der Waals surface area contributed by atoms with Gasteiger partial charge in [0.2, 0.25) is 0 Å². The number of anilines is 3. The van der Waals surface area contributed by atoms with Gasteiger partial charge in [-0.1, -0.05) is 0 Å². The number of hydrogen-bond acceptors (Lipinski definition) is 8. The van der Waals surface area contributed by atoms with E-state index in [1.807, 2.05) is 0 Å². The lowest BCUT2D eigenvalue weighted by Crippen LogP contribution is -2.56. The number of rotatable bonds is 7. The van der Waals surface area contributed by atoms with E-state index in [1.165, 1.54) is 11.0 Å². The third kappa shape index (κ3) is 4.76. The average Bonchev–Trinajstić information content (AvgIpc) is 3.07. The second-order valence-corrected chi connectivity index (χ2v) is 8.47. The second-order valence-electron chi connectivity index (χ2n) is 8.47. The average molecular weight is 526 g/mol. The van der Waals surface area contributed by atoms with E-state index in [-0.39, 0.29) is 49.8 Å². The summed E-state index contributed by atoms with van der Waals surface area (Å²) in [6.07, 6.45) is -4.16. The Kier molecular flexibility index (Phi) is 6.97. The van der Waals surface area contributed by atoms with Crippen molar-refractivity contribution in [2.45, 2.75) is 37.9 Å². The van der Waals surface area contributed by atoms with Crippen LogP contribution in [0.4, 0.5) is 44.2 Å². The highest BCUT2D eigenvalue weighted by atomic mass is 19.4. The number of amides is 3. The van der Waals surface area contributed by atoms with Crippen LogP contribution in [0.15, 0.2) is 24.5 Å². The van der Waals surface area contributed by atoms with Crippen LogP contribution in [0.5, 0.6) is 0 Å². The summed E-state index contributed by atoms with van der Waals surface area (Å²) in [6.45, 7) is 1.64. The minimum atomic E-state index is -4.51. The Balaban J connectivity index is 1.57. The van der Waals surface area contributed by atoms with Crippen LogP contribution in [-0.4, -0.2) is 76.1 Å². The van der Waals surface area contributed by atoms with E-state index in [9.17, 15) is 31.5 Å². The number of carbonyl (C=O) groups excluding carboxylic acids is 2. The van der Waals surface area contributed by atoms with Gasteiger partial charge in [-0.15, -0.1) is 0 Å². The molecule has 2 aromatic heterocycles. The summed E-state index contributed by atoms with van der Waals surface area (Å²) >= 11 is 0. The van der Waals surface area contributed by atoms with Crippen LogP contribution in [0.3, 0.4) is 0 Å². The number of nitrogens with zero attached hydrogens (tertiary/aromatic N) is 6. The molecule has 0 saturated carbocycles. The minimum Gasteiger partial charge on any atom is -0.362 e. The Morgan fingerprint density at radius 3 is 2.38 bits per heavy atom. The largest absolute Gasteiger partial charge is 0.417 e. The summed E-state index contributed by atoms with van der Waals surface area (Å²) in [6, 6.07) is 1.55. The molecule has 0 aromatic carbocycles. The fraction of sp³-hybridized carbons (Fsp3) is 0.455. The highest BCUT2D eigenvalue weighted by Crippen LogP contribution is 2.40. The molecule has 10 nitrogen and oxygen atoms in total. The first-order chi connectivity index (χ1) is 17.5. The van der Waals surface area contributed by atoms with Crippen LogP contribution >= 0.6 is 0 Å². The predicted octanol–water partition coefficient (Wildman–Crippen LogP) is 3.39. The molecular weight excluding hydrogens is 503 g/mol. The summed E-state index contributed by atoms with van der Waals surface area (Å²) in [5, 5.41) is 9.77. The minimum absolute atomic E-state index is 0.0390. The summed E-state index contributed by atoms with van der Waals surface area (Å²) < 4.78 is 63.9. The molecule has 2 fully saturated rings. The van der Waals surface area contributed by atoms with Gasteiger partial charge in [0, 0.05) is 32.0 Å². The number of carbonyl (C=O) groups is 2. The lowest BCUT2D eigenvalue weighted by Gasteiger charge is -2.42. The van der Waals surface area contributed by atoms with Gasteiger partial charge in [0.05, 0.1) is 18.3 Å². The number of alkyl halides is 5. The predicted molar refractivity (Wildman–Crippen MR) is 123 cm³/mol. The molecule has 15 heteroatoms. The van der Waals surface area contributed by atoms with E-state index in [2.05, 4.69) is 20.3 Å². The third-order valence-corrected chi connectivity index (χ3v) is 6.42. The summed E-state index contributed by atoms with van der Waals surface area (Å²) in [7, 11) is 0. The molecule has 4 rings (SSSR count). The van der Waals surface area contributed by atoms with Crippen molar-refractivity contribution in [1.29, 1.82) is 5.41 Å². The molecule has 1 spiro atoms. The first-order valence-electron chi connectivity index (χ1n) is 11.4. The molecule has 2 aliphatic heterocycles. The molecule has 3 amide bonds. The topological polar surface area (TPSA) is 118 Å². The van der Waals surface area contributed by atoms with Gasteiger partial charge in [-0.2, -0.15) is 13.2 Å². The molecule has 4 heterocycles. The van der Waals surface area contributed by atoms with Crippen molar-refractivity contribution < 1.29 is 31.5 Å². The van der Waals surface area contributed by atoms with Gasteiger partial charge < -0.3 is 20.5 Å². The lowest BCUT2D eigenvalue weighted by atomic mass is 9.85. The van der Waals surface area contributed by atoms with Crippen molar-refractivity contribution in [2.24, 2.45) is 0 Å². The molecule has 2 aliphatic rings. The normalized spacial score (nSPS) is 17.8. The highest BCUT2D eigenvalue weighted by molar-refractivity contribution is 6.23. The molecule has 0 bridgehead atoms. The van der Waals surface area contributed by atoms with E-state index in [4.69, 9.17) is 5.41 Å². The van der Waals surface area contributed by atoms with Crippen molar-refractivity contribution in [3.8, 4) is 0 Å². The molecule has 0 aliphatic carbocycles. The van der Waals surface area contributed by atoms with Crippen molar-refractivity contribution in [3.05, 3.63) is 35.8 Å². The number of likely N-dealkylation sites (N-methyl/N-ethyl adjacent to an activating group) is 1. The van der Waals surface area contributed by atoms with Crippen LogP contribution in [-0.2, 0) is 11.0 Å². The number of piperidine rings is 1. The molecule has 0 atom stereocenters. The van der Waals surface area contributed by atoms with Gasteiger partial charge in [0.15, 0.2) is 11.6 Å². The summed E-state index contributed by atoms with van der Waals surface area (Å²) in [5.74, 6) is -0.571. The Morgan fingerprint density at radius 1 is 1.14 bits per heavy atom. The fourth-order valence-corrected chi connectivity index (χ4v) is 4.59. The molecule has 37 heavy (non-hydrogen) atoms. The zero-order valence-corrected chi connectivity index (χ0v) is 19.6. The van der Waals surface area contributed by atoms with Gasteiger partial charge in [0.1, 0.15) is 17.1 Å². The number of aromatic nitrogens is 3. The maximum Gasteiger partial charge on any atom is 0.417 e. The number of imide groups is 1. The van der Waals surface area contributed by atoms with E-state index in [0.717, 1.165) is 29.6 Å². The van der Waals surface area contributed by atoms with E-state index in [1.54, 1.807) is 11.8 Å². The summed E-state index contributed by atoms with van der Waals surface area (Å²) in [4.78, 5) is 42.9. The number of nitrogens with one attached hydrogen (secondary N) is 2.